The van der Waals surface area contributed by atoms with Crippen molar-refractivity contribution in [3.8, 4) is 5.69 Å². The first-order chi connectivity index (χ1) is 15.7. The van der Waals surface area contributed by atoms with Gasteiger partial charge in [-0.2, -0.15) is 5.10 Å². The number of nitrogens with one attached hydrogen (secondary N) is 1. The number of carbonyl (C=O) groups is 2. The van der Waals surface area contributed by atoms with E-state index >= 15 is 0 Å². The highest BCUT2D eigenvalue weighted by molar-refractivity contribution is 5.94. The van der Waals surface area contributed by atoms with Gasteiger partial charge in [0.1, 0.15) is 0 Å². The molecule has 7 heteroatoms. The summed E-state index contributed by atoms with van der Waals surface area (Å²) in [6.07, 6.45) is 5.81. The second kappa shape index (κ2) is 8.96. The van der Waals surface area contributed by atoms with Crippen molar-refractivity contribution in [2.75, 3.05) is 25.1 Å². The third-order valence-corrected chi connectivity index (χ3v) is 6.24. The highest BCUT2D eigenvalue weighted by Crippen LogP contribution is 2.22. The molecule has 0 aliphatic carbocycles. The normalized spacial score (nSPS) is 16.4. The zero-order chi connectivity index (χ0) is 21.9. The molecule has 1 saturated heterocycles. The molecule has 1 fully saturated rings. The summed E-state index contributed by atoms with van der Waals surface area (Å²) in [5, 5.41) is 7.30. The molecular formula is C25H26N4O3. The number of carbonyl (C=O) groups excluding carboxylic acids is 2. The van der Waals surface area contributed by atoms with E-state index in [1.165, 1.54) is 11.1 Å². The van der Waals surface area contributed by atoms with E-state index in [9.17, 15) is 9.59 Å². The standard InChI is InChI=1S/C25H26N4O3/c30-24(19-10-13-32-14-11-19)27-22-15-26-29(17-22)23-7-5-20(6-8-23)25(31)28-12-9-18-3-1-2-4-21(18)16-28/h1-8,15,17,19H,9-14,16H2,(H,27,30). The molecule has 1 N–H and O–H groups in total. The second-order valence-corrected chi connectivity index (χ2v) is 8.34. The molecule has 0 bridgehead atoms. The minimum Gasteiger partial charge on any atom is -0.381 e. The van der Waals surface area contributed by atoms with E-state index in [0.29, 0.717) is 31.0 Å². The van der Waals surface area contributed by atoms with E-state index in [4.69, 9.17) is 4.74 Å². The molecule has 0 saturated carbocycles. The topological polar surface area (TPSA) is 76.5 Å². The SMILES string of the molecule is O=C(Nc1cnn(-c2ccc(C(=O)N3CCc4ccccc4C3)cc2)c1)C1CCOCC1. The van der Waals surface area contributed by atoms with Crippen LogP contribution in [0.3, 0.4) is 0 Å². The van der Waals surface area contributed by atoms with Crippen LogP contribution in [0.1, 0.15) is 34.3 Å². The summed E-state index contributed by atoms with van der Waals surface area (Å²) in [4.78, 5) is 27.3. The monoisotopic (exact) mass is 430 g/mol. The Morgan fingerprint density at radius 3 is 2.53 bits per heavy atom. The van der Waals surface area contributed by atoms with Gasteiger partial charge in [0.25, 0.3) is 5.91 Å². The molecule has 1 aromatic heterocycles. The summed E-state index contributed by atoms with van der Waals surface area (Å²) < 4.78 is 7.02. The van der Waals surface area contributed by atoms with E-state index in [1.807, 2.05) is 41.3 Å². The number of anilines is 1. The van der Waals surface area contributed by atoms with Crippen molar-refractivity contribution < 1.29 is 14.3 Å². The Morgan fingerprint density at radius 2 is 1.75 bits per heavy atom. The van der Waals surface area contributed by atoms with E-state index in [1.54, 1.807) is 17.1 Å². The molecule has 0 unspecified atom stereocenters. The Kier molecular flexibility index (Phi) is 5.73. The maximum atomic E-state index is 13.0. The summed E-state index contributed by atoms with van der Waals surface area (Å²) in [6.45, 7) is 2.64. The van der Waals surface area contributed by atoms with Crippen LogP contribution in [0.4, 0.5) is 5.69 Å². The van der Waals surface area contributed by atoms with Crippen molar-refractivity contribution in [2.45, 2.75) is 25.8 Å². The minimum absolute atomic E-state index is 0.0110. The van der Waals surface area contributed by atoms with Gasteiger partial charge in [-0.1, -0.05) is 24.3 Å². The number of rotatable bonds is 4. The summed E-state index contributed by atoms with van der Waals surface area (Å²) in [5.74, 6) is 0.0342. The Bertz CT molecular complexity index is 1120. The lowest BCUT2D eigenvalue weighted by Gasteiger charge is -2.29. The molecule has 2 aliphatic heterocycles. The Hall–Kier alpha value is -3.45. The van der Waals surface area contributed by atoms with Gasteiger partial charge in [-0.15, -0.1) is 0 Å². The van der Waals surface area contributed by atoms with Gasteiger partial charge in [0.05, 0.1) is 23.8 Å². The first-order valence-corrected chi connectivity index (χ1v) is 11.1. The number of amides is 2. The molecule has 0 spiro atoms. The third-order valence-electron chi connectivity index (χ3n) is 6.24. The number of hydrogen-bond acceptors (Lipinski definition) is 4. The average Bonchev–Trinajstić information content (AvgIpc) is 3.32. The number of benzene rings is 2. The summed E-state index contributed by atoms with van der Waals surface area (Å²) in [5.41, 5.74) is 4.69. The fourth-order valence-corrected chi connectivity index (χ4v) is 4.34. The van der Waals surface area contributed by atoms with Crippen LogP contribution in [0.25, 0.3) is 5.69 Å². The zero-order valence-corrected chi connectivity index (χ0v) is 17.9. The van der Waals surface area contributed by atoms with Crippen molar-refractivity contribution >= 4 is 17.5 Å². The fraction of sp³-hybridized carbons (Fsp3) is 0.320. The number of nitrogens with zero attached hydrogens (tertiary/aromatic N) is 3. The molecule has 5 rings (SSSR count). The molecule has 7 nitrogen and oxygen atoms in total. The fourth-order valence-electron chi connectivity index (χ4n) is 4.34. The van der Waals surface area contributed by atoms with Gasteiger partial charge in [0.2, 0.25) is 5.91 Å². The molecule has 2 aliphatic rings. The van der Waals surface area contributed by atoms with Crippen molar-refractivity contribution in [3.63, 3.8) is 0 Å². The highest BCUT2D eigenvalue weighted by Gasteiger charge is 2.23. The molecule has 0 radical (unpaired) electrons. The number of fused-ring (bicyclic) bond motifs is 1. The van der Waals surface area contributed by atoms with E-state index < -0.39 is 0 Å². The lowest BCUT2D eigenvalue weighted by atomic mass is 9.99. The smallest absolute Gasteiger partial charge is 0.254 e. The van der Waals surface area contributed by atoms with Crippen LogP contribution in [-0.4, -0.2) is 46.3 Å². The average molecular weight is 431 g/mol. The van der Waals surface area contributed by atoms with Gasteiger partial charge in [0.15, 0.2) is 0 Å². The van der Waals surface area contributed by atoms with Crippen molar-refractivity contribution in [3.05, 3.63) is 77.6 Å². The largest absolute Gasteiger partial charge is 0.381 e. The highest BCUT2D eigenvalue weighted by atomic mass is 16.5. The van der Waals surface area contributed by atoms with Gasteiger partial charge >= 0.3 is 0 Å². The van der Waals surface area contributed by atoms with Crippen LogP contribution >= 0.6 is 0 Å². The number of aromatic nitrogens is 2. The first-order valence-electron chi connectivity index (χ1n) is 11.1. The van der Waals surface area contributed by atoms with Gasteiger partial charge in [0, 0.05) is 37.8 Å². The lowest BCUT2D eigenvalue weighted by Crippen LogP contribution is -2.35. The van der Waals surface area contributed by atoms with Crippen molar-refractivity contribution in [1.82, 2.24) is 14.7 Å². The van der Waals surface area contributed by atoms with Gasteiger partial charge < -0.3 is 15.0 Å². The number of ether oxygens (including phenoxy) is 1. The van der Waals surface area contributed by atoms with E-state index in [2.05, 4.69) is 22.5 Å². The first kappa shape index (κ1) is 20.5. The van der Waals surface area contributed by atoms with Crippen LogP contribution in [0, 0.1) is 5.92 Å². The molecule has 0 atom stereocenters. The van der Waals surface area contributed by atoms with Gasteiger partial charge in [-0.25, -0.2) is 4.68 Å². The van der Waals surface area contributed by atoms with Crippen molar-refractivity contribution in [2.24, 2.45) is 5.92 Å². The van der Waals surface area contributed by atoms with Crippen LogP contribution in [0.5, 0.6) is 0 Å². The molecule has 32 heavy (non-hydrogen) atoms. The van der Waals surface area contributed by atoms with E-state index in [-0.39, 0.29) is 17.7 Å². The van der Waals surface area contributed by atoms with Crippen LogP contribution < -0.4 is 5.32 Å². The van der Waals surface area contributed by atoms with Crippen molar-refractivity contribution in [1.29, 1.82) is 0 Å². The Labute approximate surface area is 187 Å². The van der Waals surface area contributed by atoms with Gasteiger partial charge in [-0.05, 0) is 54.7 Å². The molecule has 164 valence electrons. The Balaban J connectivity index is 1.23. The third kappa shape index (κ3) is 4.29. The minimum atomic E-state index is -0.0147. The van der Waals surface area contributed by atoms with E-state index in [0.717, 1.165) is 31.5 Å². The molecule has 2 amide bonds. The molecule has 3 aromatic rings. The van der Waals surface area contributed by atoms with Gasteiger partial charge in [-0.3, -0.25) is 9.59 Å². The summed E-state index contributed by atoms with van der Waals surface area (Å²) in [7, 11) is 0. The van der Waals surface area contributed by atoms with Crippen LogP contribution in [0.2, 0.25) is 0 Å². The quantitative estimate of drug-likeness (QED) is 0.688. The zero-order valence-electron chi connectivity index (χ0n) is 17.9. The maximum absolute atomic E-state index is 13.0. The number of hydrogen-bond donors (Lipinski definition) is 1. The predicted octanol–water partition coefficient (Wildman–Crippen LogP) is 3.44. The Morgan fingerprint density at radius 1 is 1.00 bits per heavy atom. The van der Waals surface area contributed by atoms with Crippen LogP contribution in [0.15, 0.2) is 60.9 Å². The molecule has 3 heterocycles. The second-order valence-electron chi connectivity index (χ2n) is 8.34. The molecular weight excluding hydrogens is 404 g/mol. The molecule has 2 aromatic carbocycles. The summed E-state index contributed by atoms with van der Waals surface area (Å²) in [6, 6.07) is 15.7. The summed E-state index contributed by atoms with van der Waals surface area (Å²) >= 11 is 0. The lowest BCUT2D eigenvalue weighted by molar-refractivity contribution is -0.122. The predicted molar refractivity (Wildman–Crippen MR) is 121 cm³/mol. The van der Waals surface area contributed by atoms with Crippen LogP contribution in [-0.2, 0) is 22.5 Å². The maximum Gasteiger partial charge on any atom is 0.254 e.